The molecule has 2 aromatic rings. The van der Waals surface area contributed by atoms with Crippen molar-refractivity contribution in [2.75, 3.05) is 6.54 Å². The van der Waals surface area contributed by atoms with Crippen LogP contribution in [0.15, 0.2) is 24.4 Å². The predicted molar refractivity (Wildman–Crippen MR) is 106 cm³/mol. The molecule has 0 unspecified atom stereocenters. The lowest BCUT2D eigenvalue weighted by molar-refractivity contribution is -0.144. The summed E-state index contributed by atoms with van der Waals surface area (Å²) in [7, 11) is 0. The highest BCUT2D eigenvalue weighted by Gasteiger charge is 2.52. The number of aliphatic carboxylic acids is 2. The van der Waals surface area contributed by atoms with Crippen molar-refractivity contribution in [1.82, 2.24) is 9.47 Å². The number of benzene rings is 1. The summed E-state index contributed by atoms with van der Waals surface area (Å²) < 4.78 is 15.3. The van der Waals surface area contributed by atoms with Crippen LogP contribution in [-0.4, -0.2) is 44.2 Å². The van der Waals surface area contributed by atoms with E-state index in [1.165, 1.54) is 16.7 Å². The fraction of sp³-hybridized carbons (Fsp3) is 0.545. The van der Waals surface area contributed by atoms with E-state index in [-0.39, 0.29) is 23.4 Å². The Hall–Kier alpha value is -2.41. The van der Waals surface area contributed by atoms with Gasteiger partial charge in [0, 0.05) is 29.7 Å². The average Bonchev–Trinajstić information content (AvgIpc) is 3.01. The summed E-state index contributed by atoms with van der Waals surface area (Å²) in [6.45, 7) is 7.03. The SMILES string of the molecule is CC1(C)C[C@H]2C[C@@](C)(CN2[C@@H](C(=O)O)c2cn(CC(=O)O)c3cc(F)ccc23)C1. The highest BCUT2D eigenvalue weighted by molar-refractivity contribution is 5.90. The molecule has 2 N–H and O–H groups in total. The summed E-state index contributed by atoms with van der Waals surface area (Å²) >= 11 is 0. The molecule has 4 rings (SSSR count). The van der Waals surface area contributed by atoms with Gasteiger partial charge in [-0.15, -0.1) is 0 Å². The van der Waals surface area contributed by atoms with Gasteiger partial charge in [-0.25, -0.2) is 4.39 Å². The van der Waals surface area contributed by atoms with Crippen LogP contribution in [0.25, 0.3) is 10.9 Å². The highest BCUT2D eigenvalue weighted by atomic mass is 19.1. The van der Waals surface area contributed by atoms with Crippen LogP contribution in [0, 0.1) is 16.6 Å². The molecule has 29 heavy (non-hydrogen) atoms. The zero-order chi connectivity index (χ0) is 21.1. The van der Waals surface area contributed by atoms with Crippen molar-refractivity contribution in [1.29, 1.82) is 0 Å². The van der Waals surface area contributed by atoms with E-state index in [1.54, 1.807) is 12.3 Å². The fourth-order valence-corrected chi connectivity index (χ4v) is 6.05. The fourth-order valence-electron chi connectivity index (χ4n) is 6.05. The molecule has 2 fully saturated rings. The lowest BCUT2D eigenvalue weighted by atomic mass is 9.65. The molecule has 1 aromatic carbocycles. The van der Waals surface area contributed by atoms with E-state index in [0.717, 1.165) is 19.3 Å². The third-order valence-corrected chi connectivity index (χ3v) is 6.50. The number of rotatable bonds is 5. The molecule has 0 radical (unpaired) electrons. The van der Waals surface area contributed by atoms with Gasteiger partial charge in [0.1, 0.15) is 18.4 Å². The van der Waals surface area contributed by atoms with Gasteiger partial charge in [0.25, 0.3) is 0 Å². The third kappa shape index (κ3) is 3.52. The molecule has 1 aromatic heterocycles. The summed E-state index contributed by atoms with van der Waals surface area (Å²) in [5.74, 6) is -2.50. The monoisotopic (exact) mass is 402 g/mol. The quantitative estimate of drug-likeness (QED) is 0.793. The first-order valence-electron chi connectivity index (χ1n) is 9.97. The van der Waals surface area contributed by atoms with Crippen molar-refractivity contribution in [3.05, 3.63) is 35.8 Å². The van der Waals surface area contributed by atoms with Crippen LogP contribution in [0.5, 0.6) is 0 Å². The average molecular weight is 402 g/mol. The molecule has 2 heterocycles. The number of hydrogen-bond acceptors (Lipinski definition) is 3. The minimum atomic E-state index is -1.06. The molecular weight excluding hydrogens is 375 g/mol. The van der Waals surface area contributed by atoms with Gasteiger partial charge in [0.2, 0.25) is 0 Å². The molecule has 2 aliphatic rings. The van der Waals surface area contributed by atoms with Crippen molar-refractivity contribution in [3.63, 3.8) is 0 Å². The van der Waals surface area contributed by atoms with Crippen LogP contribution >= 0.6 is 0 Å². The molecule has 1 aliphatic heterocycles. The lowest BCUT2D eigenvalue weighted by Crippen LogP contribution is -2.39. The number of nitrogens with zero attached hydrogens (tertiary/aromatic N) is 2. The molecule has 1 aliphatic carbocycles. The standard InChI is InChI=1S/C22H27FN2O4/c1-21(2)7-14-8-22(3,11-21)12-25(14)19(20(28)29)16-9-24(10-18(26)27)17-6-13(23)4-5-15(16)17/h4-6,9,14,19H,7-8,10-12H2,1-3H3,(H,26,27)(H,28,29)/t14-,19+,22+/m0/s1. The van der Waals surface area contributed by atoms with E-state index < -0.39 is 23.8 Å². The zero-order valence-corrected chi connectivity index (χ0v) is 17.0. The maximum absolute atomic E-state index is 13.8. The minimum Gasteiger partial charge on any atom is -0.480 e. The van der Waals surface area contributed by atoms with Crippen LogP contribution < -0.4 is 0 Å². The molecule has 7 heteroatoms. The molecule has 156 valence electrons. The first kappa shape index (κ1) is 19.9. The highest BCUT2D eigenvalue weighted by Crippen LogP contribution is 2.54. The molecule has 1 saturated heterocycles. The van der Waals surface area contributed by atoms with Crippen LogP contribution in [0.1, 0.15) is 51.6 Å². The summed E-state index contributed by atoms with van der Waals surface area (Å²) in [4.78, 5) is 25.8. The van der Waals surface area contributed by atoms with Gasteiger partial charge in [-0.1, -0.05) is 20.8 Å². The summed E-state index contributed by atoms with van der Waals surface area (Å²) in [6, 6.07) is 3.39. The van der Waals surface area contributed by atoms with Gasteiger partial charge in [-0.3, -0.25) is 14.5 Å². The van der Waals surface area contributed by atoms with Crippen LogP contribution in [-0.2, 0) is 16.1 Å². The van der Waals surface area contributed by atoms with Crippen LogP contribution in [0.3, 0.4) is 0 Å². The third-order valence-electron chi connectivity index (χ3n) is 6.50. The Kier molecular flexibility index (Phi) is 4.49. The largest absolute Gasteiger partial charge is 0.480 e. The molecule has 6 nitrogen and oxygen atoms in total. The summed E-state index contributed by atoms with van der Waals surface area (Å²) in [6.07, 6.45) is 4.51. The second-order valence-corrected chi connectivity index (χ2v) is 9.89. The van der Waals surface area contributed by atoms with Crippen molar-refractivity contribution in [3.8, 4) is 0 Å². The molecule has 3 atom stereocenters. The van der Waals surface area contributed by atoms with Gasteiger partial charge < -0.3 is 14.8 Å². The number of halogens is 1. The molecule has 1 saturated carbocycles. The van der Waals surface area contributed by atoms with Gasteiger partial charge >= 0.3 is 11.9 Å². The van der Waals surface area contributed by atoms with Crippen molar-refractivity contribution in [2.24, 2.45) is 10.8 Å². The Morgan fingerprint density at radius 1 is 1.24 bits per heavy atom. The maximum Gasteiger partial charge on any atom is 0.325 e. The van der Waals surface area contributed by atoms with E-state index in [9.17, 15) is 24.2 Å². The minimum absolute atomic E-state index is 0.0612. The Bertz CT molecular complexity index is 998. The first-order chi connectivity index (χ1) is 13.5. The normalized spacial score (nSPS) is 27.2. The number of carboxylic acids is 2. The first-order valence-corrected chi connectivity index (χ1v) is 9.97. The van der Waals surface area contributed by atoms with Gasteiger partial charge in [-0.05, 0) is 48.3 Å². The van der Waals surface area contributed by atoms with Gasteiger partial charge in [0.15, 0.2) is 0 Å². The van der Waals surface area contributed by atoms with Crippen molar-refractivity contribution in [2.45, 2.75) is 58.7 Å². The zero-order valence-electron chi connectivity index (χ0n) is 17.0. The topological polar surface area (TPSA) is 82.8 Å². The van der Waals surface area contributed by atoms with E-state index in [4.69, 9.17) is 0 Å². The van der Waals surface area contributed by atoms with E-state index >= 15 is 0 Å². The van der Waals surface area contributed by atoms with Crippen molar-refractivity contribution < 1.29 is 24.2 Å². The van der Waals surface area contributed by atoms with E-state index in [1.807, 2.05) is 0 Å². The maximum atomic E-state index is 13.8. The van der Waals surface area contributed by atoms with E-state index in [2.05, 4.69) is 25.7 Å². The molecule has 0 spiro atoms. The Balaban J connectivity index is 1.82. The van der Waals surface area contributed by atoms with Crippen LogP contribution in [0.4, 0.5) is 4.39 Å². The number of aromatic nitrogens is 1. The summed E-state index contributed by atoms with van der Waals surface area (Å²) in [5, 5.41) is 20.0. The lowest BCUT2D eigenvalue weighted by Gasteiger charge is -2.40. The number of hydrogen-bond donors (Lipinski definition) is 2. The smallest absolute Gasteiger partial charge is 0.325 e. The van der Waals surface area contributed by atoms with Crippen molar-refractivity contribution >= 4 is 22.8 Å². The van der Waals surface area contributed by atoms with Gasteiger partial charge in [-0.2, -0.15) is 0 Å². The molecular formula is C22H27FN2O4. The Morgan fingerprint density at radius 3 is 2.62 bits per heavy atom. The number of fused-ring (bicyclic) bond motifs is 3. The second kappa shape index (κ2) is 6.55. The molecule has 2 bridgehead atoms. The second-order valence-electron chi connectivity index (χ2n) is 9.89. The number of carbonyl (C=O) groups is 2. The number of likely N-dealkylation sites (tertiary alicyclic amines) is 1. The Morgan fingerprint density at radius 2 is 1.97 bits per heavy atom. The summed E-state index contributed by atoms with van der Waals surface area (Å²) in [5.41, 5.74) is 1.15. The van der Waals surface area contributed by atoms with E-state index in [0.29, 0.717) is 23.0 Å². The Labute approximate surface area is 168 Å². The van der Waals surface area contributed by atoms with Gasteiger partial charge in [0.05, 0.1) is 5.52 Å². The predicted octanol–water partition coefficient (Wildman–Crippen LogP) is 3.89. The van der Waals surface area contributed by atoms with Crippen LogP contribution in [0.2, 0.25) is 0 Å². The molecule has 0 amide bonds. The number of carboxylic acid groups (broad SMARTS) is 2.